The molecule has 0 amide bonds. The molecule has 0 aromatic rings. The van der Waals surface area contributed by atoms with Crippen LogP contribution in [-0.4, -0.2) is 59.4 Å². The van der Waals surface area contributed by atoms with E-state index in [4.69, 9.17) is 5.11 Å². The van der Waals surface area contributed by atoms with E-state index in [2.05, 4.69) is 9.84 Å². The summed E-state index contributed by atoms with van der Waals surface area (Å²) in [6.45, 7) is 2.57. The number of alkyl halides is 9. The fourth-order valence-electron chi connectivity index (χ4n) is 3.20. The van der Waals surface area contributed by atoms with Gasteiger partial charge in [0.05, 0.1) is 0 Å². The fourth-order valence-corrected chi connectivity index (χ4v) is 3.20. The minimum atomic E-state index is -6.87. The summed E-state index contributed by atoms with van der Waals surface area (Å²) in [4.78, 5) is 6.26. The molecular formula is C13H17F10NO2. The average molecular weight is 409 g/mol. The third-order valence-corrected chi connectivity index (χ3v) is 4.62. The Hall–Kier alpha value is -0.820. The van der Waals surface area contributed by atoms with Crippen LogP contribution in [0.25, 0.3) is 0 Å². The zero-order valence-corrected chi connectivity index (χ0v) is 13.2. The Kier molecular flexibility index (Phi) is 6.84. The van der Waals surface area contributed by atoms with E-state index < -0.39 is 24.1 Å². The molecule has 0 radical (unpaired) electrons. The first-order valence-electron chi connectivity index (χ1n) is 7.53. The molecule has 0 aromatic heterocycles. The smallest absolute Gasteiger partial charge is 0.367 e. The molecule has 0 saturated carbocycles. The van der Waals surface area contributed by atoms with Gasteiger partial charge in [-0.15, -0.1) is 0 Å². The Morgan fingerprint density at radius 2 is 1.19 bits per heavy atom. The summed E-state index contributed by atoms with van der Waals surface area (Å²) in [5, 5.41) is 7.65. The average Bonchev–Trinajstić information content (AvgIpc) is 2.87. The van der Waals surface area contributed by atoms with Gasteiger partial charge in [-0.05, 0) is 43.3 Å². The van der Waals surface area contributed by atoms with Gasteiger partial charge < -0.3 is 5.11 Å². The van der Waals surface area contributed by atoms with Gasteiger partial charge >= 0.3 is 24.1 Å². The van der Waals surface area contributed by atoms with Crippen LogP contribution in [-0.2, 0) is 4.94 Å². The van der Waals surface area contributed by atoms with E-state index in [-0.39, 0.29) is 12.1 Å². The summed E-state index contributed by atoms with van der Waals surface area (Å²) < 4.78 is 115. The molecule has 1 N–H and O–H groups in total. The minimum Gasteiger partial charge on any atom is -0.367 e. The van der Waals surface area contributed by atoms with E-state index in [0.717, 1.165) is 25.9 Å². The van der Waals surface area contributed by atoms with Crippen LogP contribution in [0.15, 0.2) is 0 Å². The SMILES string of the molecule is FOCC12CCCCN1CCC2.OC(C(F)(F)F)(C(F)(F)F)C(F)(F)F. The van der Waals surface area contributed by atoms with Gasteiger partial charge in [0.25, 0.3) is 0 Å². The highest BCUT2D eigenvalue weighted by atomic mass is 19.4. The van der Waals surface area contributed by atoms with Crippen LogP contribution in [0, 0.1) is 0 Å². The summed E-state index contributed by atoms with van der Waals surface area (Å²) >= 11 is 0. The second-order valence-corrected chi connectivity index (χ2v) is 6.23. The van der Waals surface area contributed by atoms with Crippen molar-refractivity contribution in [3.8, 4) is 0 Å². The van der Waals surface area contributed by atoms with Crippen molar-refractivity contribution in [1.29, 1.82) is 0 Å². The molecular weight excluding hydrogens is 392 g/mol. The maximum Gasteiger partial charge on any atom is 0.435 e. The van der Waals surface area contributed by atoms with Gasteiger partial charge in [-0.2, -0.15) is 44.5 Å². The number of hydrogen-bond donors (Lipinski definition) is 1. The van der Waals surface area contributed by atoms with Gasteiger partial charge in [-0.25, -0.2) is 0 Å². The number of fused-ring (bicyclic) bond motifs is 1. The molecule has 0 aliphatic carbocycles. The molecule has 2 heterocycles. The quantitative estimate of drug-likeness (QED) is 0.690. The highest BCUT2D eigenvalue weighted by Gasteiger charge is 2.83. The van der Waals surface area contributed by atoms with Crippen LogP contribution in [0.5, 0.6) is 0 Å². The third-order valence-electron chi connectivity index (χ3n) is 4.62. The lowest BCUT2D eigenvalue weighted by atomic mass is 9.87. The molecule has 1 atom stereocenters. The summed E-state index contributed by atoms with van der Waals surface area (Å²) in [5.41, 5.74) is -6.61. The van der Waals surface area contributed by atoms with Gasteiger partial charge in [0.2, 0.25) is 0 Å². The van der Waals surface area contributed by atoms with E-state index in [0.29, 0.717) is 0 Å². The standard InChI is InChI=1S/C9H16FNO.C4HF9O/c10-12-8-9-4-1-2-6-11(9)7-3-5-9;5-2(6,7)1(14,3(8,9)10)4(11,12)13/h1-8H2;14H. The number of rotatable bonds is 2. The molecule has 1 unspecified atom stereocenters. The van der Waals surface area contributed by atoms with Gasteiger partial charge in [-0.1, -0.05) is 6.42 Å². The lowest BCUT2D eigenvalue weighted by molar-refractivity contribution is -0.447. The number of nitrogens with zero attached hydrogens (tertiary/aromatic N) is 1. The van der Waals surface area contributed by atoms with Crippen LogP contribution >= 0.6 is 0 Å². The Morgan fingerprint density at radius 3 is 1.58 bits per heavy atom. The highest BCUT2D eigenvalue weighted by Crippen LogP contribution is 2.52. The number of piperidine rings is 1. The Labute approximate surface area is 141 Å². The molecule has 0 spiro atoms. The highest BCUT2D eigenvalue weighted by molar-refractivity contribution is 5.00. The first-order valence-corrected chi connectivity index (χ1v) is 7.53. The summed E-state index contributed by atoms with van der Waals surface area (Å²) in [5.74, 6) is 0. The number of aliphatic hydroxyl groups is 1. The normalized spacial score (nSPS) is 25.5. The first-order chi connectivity index (χ1) is 11.6. The zero-order chi connectivity index (χ0) is 20.4. The predicted octanol–water partition coefficient (Wildman–Crippen LogP) is 4.31. The van der Waals surface area contributed by atoms with Crippen LogP contribution in [0.1, 0.15) is 32.1 Å². The monoisotopic (exact) mass is 409 g/mol. The Bertz CT molecular complexity index is 421. The topological polar surface area (TPSA) is 32.7 Å². The molecule has 3 nitrogen and oxygen atoms in total. The van der Waals surface area contributed by atoms with Crippen molar-refractivity contribution in [2.75, 3.05) is 19.7 Å². The van der Waals surface area contributed by atoms with Crippen LogP contribution < -0.4 is 0 Å². The van der Waals surface area contributed by atoms with E-state index in [1.165, 1.54) is 19.3 Å². The van der Waals surface area contributed by atoms with Crippen molar-refractivity contribution in [2.24, 2.45) is 0 Å². The molecule has 2 aliphatic rings. The second kappa shape index (κ2) is 7.66. The van der Waals surface area contributed by atoms with Crippen molar-refractivity contribution >= 4 is 0 Å². The van der Waals surface area contributed by atoms with E-state index in [9.17, 15) is 44.0 Å². The molecule has 156 valence electrons. The van der Waals surface area contributed by atoms with Crippen molar-refractivity contribution in [1.82, 2.24) is 4.90 Å². The molecule has 13 heteroatoms. The predicted molar refractivity (Wildman–Crippen MR) is 67.6 cm³/mol. The first kappa shape index (κ1) is 23.2. The molecule has 0 bridgehead atoms. The lowest BCUT2D eigenvalue weighted by Gasteiger charge is -2.41. The zero-order valence-electron chi connectivity index (χ0n) is 13.2. The van der Waals surface area contributed by atoms with Gasteiger partial charge in [0, 0.05) is 5.54 Å². The van der Waals surface area contributed by atoms with Crippen molar-refractivity contribution in [2.45, 2.75) is 61.8 Å². The summed E-state index contributed by atoms with van der Waals surface area (Å²) in [6, 6.07) is 0. The van der Waals surface area contributed by atoms with Gasteiger partial charge in [0.15, 0.2) is 0 Å². The second-order valence-electron chi connectivity index (χ2n) is 6.23. The Balaban J connectivity index is 0.000000262. The molecule has 2 rings (SSSR count). The summed E-state index contributed by atoms with van der Waals surface area (Å²) in [7, 11) is 0. The van der Waals surface area contributed by atoms with Gasteiger partial charge in [0.1, 0.15) is 6.61 Å². The molecule has 2 saturated heterocycles. The number of halogens is 10. The van der Waals surface area contributed by atoms with E-state index in [1.54, 1.807) is 0 Å². The summed E-state index contributed by atoms with van der Waals surface area (Å²) in [6.07, 6.45) is -14.7. The maximum absolute atomic E-state index is 11.9. The molecule has 0 aromatic carbocycles. The van der Waals surface area contributed by atoms with Crippen molar-refractivity contribution in [3.63, 3.8) is 0 Å². The maximum atomic E-state index is 11.9. The van der Waals surface area contributed by atoms with Gasteiger partial charge in [-0.3, -0.25) is 4.90 Å². The molecule has 2 aliphatic heterocycles. The fraction of sp³-hybridized carbons (Fsp3) is 1.00. The van der Waals surface area contributed by atoms with Crippen LogP contribution in [0.2, 0.25) is 0 Å². The van der Waals surface area contributed by atoms with E-state index in [1.807, 2.05) is 0 Å². The molecule has 2 fully saturated rings. The van der Waals surface area contributed by atoms with Crippen LogP contribution in [0.4, 0.5) is 44.0 Å². The third kappa shape index (κ3) is 4.35. The number of hydrogen-bond acceptors (Lipinski definition) is 3. The van der Waals surface area contributed by atoms with Crippen LogP contribution in [0.3, 0.4) is 0 Å². The minimum absolute atomic E-state index is 0.0764. The van der Waals surface area contributed by atoms with Crippen molar-refractivity contribution < 1.29 is 54.1 Å². The van der Waals surface area contributed by atoms with Crippen molar-refractivity contribution in [3.05, 3.63) is 0 Å². The Morgan fingerprint density at radius 1 is 0.769 bits per heavy atom. The molecule has 26 heavy (non-hydrogen) atoms. The van der Waals surface area contributed by atoms with E-state index >= 15 is 0 Å². The largest absolute Gasteiger partial charge is 0.435 e. The lowest BCUT2D eigenvalue weighted by Crippen LogP contribution is -2.66.